The van der Waals surface area contributed by atoms with Crippen LogP contribution in [-0.4, -0.2) is 11.0 Å². The molecule has 1 atom stereocenters. The van der Waals surface area contributed by atoms with Crippen molar-refractivity contribution < 1.29 is 0 Å². The molecule has 0 aromatic heterocycles. The van der Waals surface area contributed by atoms with E-state index in [-0.39, 0.29) is 0 Å². The summed E-state index contributed by atoms with van der Waals surface area (Å²) in [6.07, 6.45) is 20.9. The third-order valence-corrected chi connectivity index (χ3v) is 4.92. The molecule has 0 saturated heterocycles. The monoisotopic (exact) mass is 318 g/mol. The highest BCUT2D eigenvalue weighted by molar-refractivity contribution is 7.81. The number of unbranched alkanes of at least 4 members (excludes halogenated alkanes) is 11. The lowest BCUT2D eigenvalue weighted by Crippen LogP contribution is -1.98. The standard InChI is InChI=1S/C18H38S2/c1-2-3-4-5-6-7-8-9-10-11-12-15-18(20)16-13-14-17-19/h18-20H,2-17H2,1H3. The van der Waals surface area contributed by atoms with Crippen molar-refractivity contribution in [1.82, 2.24) is 0 Å². The van der Waals surface area contributed by atoms with E-state index in [0.29, 0.717) is 5.25 Å². The Bertz CT molecular complexity index is 171. The first-order valence-corrected chi connectivity index (χ1v) is 10.2. The molecule has 0 fully saturated rings. The summed E-state index contributed by atoms with van der Waals surface area (Å²) in [5.74, 6) is 1.03. The number of thiol groups is 2. The third-order valence-electron chi connectivity index (χ3n) is 4.09. The van der Waals surface area contributed by atoms with Gasteiger partial charge in [0.25, 0.3) is 0 Å². The molecule has 0 nitrogen and oxygen atoms in total. The van der Waals surface area contributed by atoms with Crippen molar-refractivity contribution in [3.63, 3.8) is 0 Å². The molecule has 0 radical (unpaired) electrons. The lowest BCUT2D eigenvalue weighted by molar-refractivity contribution is 0.536. The summed E-state index contributed by atoms with van der Waals surface area (Å²) in [4.78, 5) is 0. The van der Waals surface area contributed by atoms with Gasteiger partial charge in [0.15, 0.2) is 0 Å². The van der Waals surface area contributed by atoms with Gasteiger partial charge in [-0.3, -0.25) is 0 Å². The summed E-state index contributed by atoms with van der Waals surface area (Å²) in [5, 5.41) is 0.633. The minimum atomic E-state index is 0.633. The van der Waals surface area contributed by atoms with Gasteiger partial charge < -0.3 is 0 Å². The fourth-order valence-corrected chi connectivity index (χ4v) is 3.27. The maximum atomic E-state index is 4.68. The molecule has 122 valence electrons. The van der Waals surface area contributed by atoms with Gasteiger partial charge in [-0.15, -0.1) is 0 Å². The van der Waals surface area contributed by atoms with Crippen molar-refractivity contribution in [3.8, 4) is 0 Å². The topological polar surface area (TPSA) is 0 Å². The van der Waals surface area contributed by atoms with Gasteiger partial charge in [-0.1, -0.05) is 84.0 Å². The molecule has 0 spiro atoms. The summed E-state index contributed by atoms with van der Waals surface area (Å²) in [6, 6.07) is 0. The molecule has 0 rings (SSSR count). The van der Waals surface area contributed by atoms with Gasteiger partial charge in [0.1, 0.15) is 0 Å². The van der Waals surface area contributed by atoms with Crippen LogP contribution in [0.3, 0.4) is 0 Å². The second kappa shape index (κ2) is 17.8. The largest absolute Gasteiger partial charge is 0.179 e. The zero-order chi connectivity index (χ0) is 14.9. The van der Waals surface area contributed by atoms with Crippen LogP contribution in [0.25, 0.3) is 0 Å². The molecule has 0 aromatic carbocycles. The van der Waals surface area contributed by atoms with Gasteiger partial charge in [0.05, 0.1) is 0 Å². The van der Waals surface area contributed by atoms with Crippen LogP contribution >= 0.6 is 25.3 Å². The average molecular weight is 319 g/mol. The van der Waals surface area contributed by atoms with E-state index in [1.54, 1.807) is 0 Å². The summed E-state index contributed by atoms with van der Waals surface area (Å²) < 4.78 is 0. The van der Waals surface area contributed by atoms with Gasteiger partial charge in [-0.25, -0.2) is 0 Å². The number of hydrogen-bond donors (Lipinski definition) is 2. The van der Waals surface area contributed by atoms with Crippen LogP contribution in [0.5, 0.6) is 0 Å². The third kappa shape index (κ3) is 16.8. The molecule has 0 saturated carbocycles. The lowest BCUT2D eigenvalue weighted by atomic mass is 10.0. The maximum absolute atomic E-state index is 4.68. The van der Waals surface area contributed by atoms with E-state index in [2.05, 4.69) is 32.2 Å². The van der Waals surface area contributed by atoms with E-state index in [0.717, 1.165) is 5.75 Å². The van der Waals surface area contributed by atoms with Crippen LogP contribution < -0.4 is 0 Å². The molecule has 0 heterocycles. The predicted octanol–water partition coefficient (Wildman–Crippen LogP) is 7.09. The fraction of sp³-hybridized carbons (Fsp3) is 1.00. The Hall–Kier alpha value is 0.700. The van der Waals surface area contributed by atoms with E-state index >= 15 is 0 Å². The Balaban J connectivity index is 3.05. The average Bonchev–Trinajstić information content (AvgIpc) is 2.45. The highest BCUT2D eigenvalue weighted by Crippen LogP contribution is 2.17. The number of rotatable bonds is 16. The zero-order valence-electron chi connectivity index (χ0n) is 13.8. The van der Waals surface area contributed by atoms with Crippen LogP contribution in [-0.2, 0) is 0 Å². The first-order chi connectivity index (χ1) is 9.81. The van der Waals surface area contributed by atoms with Gasteiger partial charge in [-0.05, 0) is 25.0 Å². The van der Waals surface area contributed by atoms with E-state index in [1.807, 2.05) is 0 Å². The molecule has 0 N–H and O–H groups in total. The summed E-state index contributed by atoms with van der Waals surface area (Å²) in [6.45, 7) is 2.29. The first-order valence-electron chi connectivity index (χ1n) is 9.10. The van der Waals surface area contributed by atoms with Gasteiger partial charge in [-0.2, -0.15) is 25.3 Å². The highest BCUT2D eigenvalue weighted by Gasteiger charge is 2.02. The van der Waals surface area contributed by atoms with Gasteiger partial charge in [0, 0.05) is 5.25 Å². The normalized spacial score (nSPS) is 12.8. The summed E-state index contributed by atoms with van der Waals surface area (Å²) in [5.41, 5.74) is 0. The Morgan fingerprint density at radius 3 is 1.45 bits per heavy atom. The van der Waals surface area contributed by atoms with E-state index in [1.165, 1.54) is 96.3 Å². The molecule has 0 aliphatic carbocycles. The van der Waals surface area contributed by atoms with Crippen molar-refractivity contribution in [2.45, 2.75) is 108 Å². The van der Waals surface area contributed by atoms with E-state index < -0.39 is 0 Å². The van der Waals surface area contributed by atoms with Crippen molar-refractivity contribution in [2.75, 3.05) is 5.75 Å². The van der Waals surface area contributed by atoms with Crippen molar-refractivity contribution in [1.29, 1.82) is 0 Å². The van der Waals surface area contributed by atoms with Gasteiger partial charge >= 0.3 is 0 Å². The SMILES string of the molecule is CCCCCCCCCCCCCC(S)CCCCS. The Morgan fingerprint density at radius 2 is 1.00 bits per heavy atom. The molecule has 2 heteroatoms. The minimum Gasteiger partial charge on any atom is -0.179 e. The van der Waals surface area contributed by atoms with Crippen molar-refractivity contribution in [3.05, 3.63) is 0 Å². The minimum absolute atomic E-state index is 0.633. The molecule has 0 aromatic rings. The molecule has 1 unspecified atom stereocenters. The van der Waals surface area contributed by atoms with Crippen LogP contribution in [0, 0.1) is 0 Å². The number of hydrogen-bond acceptors (Lipinski definition) is 2. The Kier molecular flexibility index (Phi) is 18.4. The van der Waals surface area contributed by atoms with E-state index in [9.17, 15) is 0 Å². The van der Waals surface area contributed by atoms with Crippen LogP contribution in [0.4, 0.5) is 0 Å². The van der Waals surface area contributed by atoms with Crippen LogP contribution in [0.2, 0.25) is 0 Å². The van der Waals surface area contributed by atoms with Gasteiger partial charge in [0.2, 0.25) is 0 Å². The molecule has 20 heavy (non-hydrogen) atoms. The Morgan fingerprint density at radius 1 is 0.600 bits per heavy atom. The molecule has 0 amide bonds. The molecular formula is C18H38S2. The molecular weight excluding hydrogens is 280 g/mol. The smallest absolute Gasteiger partial charge is 0.00168 e. The maximum Gasteiger partial charge on any atom is 0.00168 e. The molecule has 0 aliphatic rings. The van der Waals surface area contributed by atoms with Crippen LogP contribution in [0.1, 0.15) is 103 Å². The predicted molar refractivity (Wildman–Crippen MR) is 102 cm³/mol. The Labute approximate surface area is 139 Å². The highest BCUT2D eigenvalue weighted by atomic mass is 32.1. The van der Waals surface area contributed by atoms with Crippen molar-refractivity contribution in [2.24, 2.45) is 0 Å². The molecule has 0 bridgehead atoms. The summed E-state index contributed by atoms with van der Waals surface area (Å²) >= 11 is 8.92. The zero-order valence-corrected chi connectivity index (χ0v) is 15.6. The lowest BCUT2D eigenvalue weighted by Gasteiger charge is -2.09. The second-order valence-corrected chi connectivity index (χ2v) is 7.37. The van der Waals surface area contributed by atoms with E-state index in [4.69, 9.17) is 0 Å². The quantitative estimate of drug-likeness (QED) is 0.220. The van der Waals surface area contributed by atoms with Crippen molar-refractivity contribution >= 4 is 25.3 Å². The fourth-order valence-electron chi connectivity index (χ4n) is 2.68. The van der Waals surface area contributed by atoms with Crippen LogP contribution in [0.15, 0.2) is 0 Å². The first kappa shape index (κ1) is 20.7. The second-order valence-electron chi connectivity index (χ2n) is 6.20. The molecule has 0 aliphatic heterocycles. The summed E-state index contributed by atoms with van der Waals surface area (Å²) in [7, 11) is 0.